The second kappa shape index (κ2) is 7.78. The first-order valence-corrected chi connectivity index (χ1v) is 8.04. The lowest BCUT2D eigenvalue weighted by Crippen LogP contribution is -2.30. The molecule has 0 fully saturated rings. The molecule has 0 heterocycles. The van der Waals surface area contributed by atoms with Crippen molar-refractivity contribution in [3.63, 3.8) is 0 Å². The first-order chi connectivity index (χ1) is 12.1. The van der Waals surface area contributed by atoms with E-state index in [9.17, 15) is 22.8 Å². The Morgan fingerprint density at radius 1 is 1.00 bits per heavy atom. The first kappa shape index (κ1) is 19.8. The van der Waals surface area contributed by atoms with Crippen molar-refractivity contribution in [2.75, 3.05) is 5.32 Å². The van der Waals surface area contributed by atoms with E-state index >= 15 is 0 Å². The molecule has 4 nitrogen and oxygen atoms in total. The van der Waals surface area contributed by atoms with Gasteiger partial charge >= 0.3 is 6.18 Å². The molecular formula is C18H16ClF3N2O2. The SMILES string of the molecule is CC(C)NC(=O)c1cccc(C(=O)Nc2ccc(Cl)cc2C(F)(F)F)c1. The van der Waals surface area contributed by atoms with Crippen LogP contribution in [0.3, 0.4) is 0 Å². The zero-order chi connectivity index (χ0) is 19.5. The Morgan fingerprint density at radius 2 is 1.62 bits per heavy atom. The lowest BCUT2D eigenvalue weighted by molar-refractivity contribution is -0.136. The minimum Gasteiger partial charge on any atom is -0.350 e. The van der Waals surface area contributed by atoms with E-state index in [-0.39, 0.29) is 28.1 Å². The summed E-state index contributed by atoms with van der Waals surface area (Å²) in [5.41, 5.74) is -1.17. The van der Waals surface area contributed by atoms with E-state index in [1.165, 1.54) is 30.3 Å². The van der Waals surface area contributed by atoms with E-state index < -0.39 is 23.3 Å². The molecule has 2 amide bonds. The molecule has 2 aromatic rings. The number of anilines is 1. The normalized spacial score (nSPS) is 11.3. The van der Waals surface area contributed by atoms with Crippen LogP contribution in [-0.4, -0.2) is 17.9 Å². The average molecular weight is 385 g/mol. The number of hydrogen-bond acceptors (Lipinski definition) is 2. The minimum atomic E-state index is -4.67. The third kappa shape index (κ3) is 4.98. The van der Waals surface area contributed by atoms with Gasteiger partial charge in [0.15, 0.2) is 0 Å². The van der Waals surface area contributed by atoms with Gasteiger partial charge in [0.25, 0.3) is 11.8 Å². The zero-order valence-corrected chi connectivity index (χ0v) is 14.7. The summed E-state index contributed by atoms with van der Waals surface area (Å²) in [5, 5.41) is 4.80. The smallest absolute Gasteiger partial charge is 0.350 e. The van der Waals surface area contributed by atoms with E-state index in [4.69, 9.17) is 11.6 Å². The van der Waals surface area contributed by atoms with Gasteiger partial charge in [0.2, 0.25) is 0 Å². The summed E-state index contributed by atoms with van der Waals surface area (Å²) >= 11 is 5.62. The Labute approximate surface area is 153 Å². The number of halogens is 4. The van der Waals surface area contributed by atoms with Crippen LogP contribution in [0.1, 0.15) is 40.1 Å². The van der Waals surface area contributed by atoms with Crippen LogP contribution in [-0.2, 0) is 6.18 Å². The Kier molecular flexibility index (Phi) is 5.92. The Balaban J connectivity index is 2.28. The van der Waals surface area contributed by atoms with E-state index in [1.807, 2.05) is 0 Å². The minimum absolute atomic E-state index is 0.0597. The standard InChI is InChI=1S/C18H16ClF3N2O2/c1-10(2)23-16(25)11-4-3-5-12(8-11)17(26)24-15-7-6-13(19)9-14(15)18(20,21)22/h3-10H,1-2H3,(H,23,25)(H,24,26). The summed E-state index contributed by atoms with van der Waals surface area (Å²) in [5.74, 6) is -1.14. The number of alkyl halides is 3. The third-order valence-corrected chi connectivity index (χ3v) is 3.58. The second-order valence-electron chi connectivity index (χ2n) is 5.85. The molecule has 0 aliphatic heterocycles. The lowest BCUT2D eigenvalue weighted by atomic mass is 10.1. The molecule has 2 aromatic carbocycles. The predicted octanol–water partition coefficient (Wildman–Crippen LogP) is 4.75. The molecule has 0 spiro atoms. The van der Waals surface area contributed by atoms with Crippen LogP contribution in [0.15, 0.2) is 42.5 Å². The van der Waals surface area contributed by atoms with Gasteiger partial charge in [0.1, 0.15) is 0 Å². The summed E-state index contributed by atoms with van der Waals surface area (Å²) in [6.45, 7) is 3.57. The molecule has 26 heavy (non-hydrogen) atoms. The van der Waals surface area contributed by atoms with Gasteiger partial charge in [-0.15, -0.1) is 0 Å². The fourth-order valence-corrected chi connectivity index (χ4v) is 2.37. The van der Waals surface area contributed by atoms with E-state index in [2.05, 4.69) is 10.6 Å². The van der Waals surface area contributed by atoms with Crippen LogP contribution in [0, 0.1) is 0 Å². The molecule has 8 heteroatoms. The number of nitrogens with one attached hydrogen (secondary N) is 2. The first-order valence-electron chi connectivity index (χ1n) is 7.67. The lowest BCUT2D eigenvalue weighted by Gasteiger charge is -2.14. The molecule has 0 aliphatic carbocycles. The topological polar surface area (TPSA) is 58.2 Å². The number of amides is 2. The van der Waals surface area contributed by atoms with Gasteiger partial charge in [0.05, 0.1) is 11.3 Å². The van der Waals surface area contributed by atoms with Crippen LogP contribution in [0.25, 0.3) is 0 Å². The van der Waals surface area contributed by atoms with Crippen LogP contribution in [0.4, 0.5) is 18.9 Å². The van der Waals surface area contributed by atoms with Crippen LogP contribution >= 0.6 is 11.6 Å². The summed E-state index contributed by atoms with van der Waals surface area (Å²) in [6.07, 6.45) is -4.67. The number of carbonyl (C=O) groups is 2. The Bertz CT molecular complexity index is 835. The number of rotatable bonds is 4. The van der Waals surface area contributed by atoms with Gasteiger partial charge in [0, 0.05) is 22.2 Å². The highest BCUT2D eigenvalue weighted by atomic mass is 35.5. The van der Waals surface area contributed by atoms with Crippen molar-refractivity contribution in [3.05, 3.63) is 64.2 Å². The molecule has 0 atom stereocenters. The highest BCUT2D eigenvalue weighted by Gasteiger charge is 2.34. The number of benzene rings is 2. The predicted molar refractivity (Wildman–Crippen MR) is 93.5 cm³/mol. The fraction of sp³-hybridized carbons (Fsp3) is 0.222. The molecule has 0 saturated heterocycles. The van der Waals surface area contributed by atoms with Crippen molar-refractivity contribution in [3.8, 4) is 0 Å². The third-order valence-electron chi connectivity index (χ3n) is 3.34. The molecule has 0 aliphatic rings. The molecule has 0 aromatic heterocycles. The van der Waals surface area contributed by atoms with Gasteiger partial charge in [-0.05, 0) is 50.2 Å². The van der Waals surface area contributed by atoms with Crippen molar-refractivity contribution in [2.24, 2.45) is 0 Å². The van der Waals surface area contributed by atoms with Gasteiger partial charge in [-0.3, -0.25) is 9.59 Å². The molecular weight excluding hydrogens is 369 g/mol. The molecule has 0 bridgehead atoms. The highest BCUT2D eigenvalue weighted by molar-refractivity contribution is 6.30. The number of hydrogen-bond donors (Lipinski definition) is 2. The number of carbonyl (C=O) groups excluding carboxylic acids is 2. The second-order valence-corrected chi connectivity index (χ2v) is 6.29. The molecule has 0 radical (unpaired) electrons. The summed E-state index contributed by atoms with van der Waals surface area (Å²) in [6, 6.07) is 8.69. The van der Waals surface area contributed by atoms with E-state index in [0.29, 0.717) is 0 Å². The van der Waals surface area contributed by atoms with Crippen LogP contribution in [0.5, 0.6) is 0 Å². The maximum absolute atomic E-state index is 13.1. The monoisotopic (exact) mass is 384 g/mol. The van der Waals surface area contributed by atoms with Gasteiger partial charge in [-0.25, -0.2) is 0 Å². The molecule has 0 unspecified atom stereocenters. The Morgan fingerprint density at radius 3 is 2.19 bits per heavy atom. The van der Waals surface area contributed by atoms with Gasteiger partial charge in [-0.1, -0.05) is 17.7 Å². The Hall–Kier alpha value is -2.54. The van der Waals surface area contributed by atoms with Crippen molar-refractivity contribution in [2.45, 2.75) is 26.1 Å². The van der Waals surface area contributed by atoms with Gasteiger partial charge in [-0.2, -0.15) is 13.2 Å². The molecule has 138 valence electrons. The van der Waals surface area contributed by atoms with Crippen molar-refractivity contribution < 1.29 is 22.8 Å². The molecule has 0 saturated carbocycles. The average Bonchev–Trinajstić information content (AvgIpc) is 2.55. The fourth-order valence-electron chi connectivity index (χ4n) is 2.20. The van der Waals surface area contributed by atoms with Crippen LogP contribution < -0.4 is 10.6 Å². The van der Waals surface area contributed by atoms with E-state index in [0.717, 1.165) is 12.1 Å². The zero-order valence-electron chi connectivity index (χ0n) is 13.9. The van der Waals surface area contributed by atoms with Crippen molar-refractivity contribution >= 4 is 29.1 Å². The largest absolute Gasteiger partial charge is 0.418 e. The maximum Gasteiger partial charge on any atom is 0.418 e. The summed E-state index contributed by atoms with van der Waals surface area (Å²) in [7, 11) is 0. The summed E-state index contributed by atoms with van der Waals surface area (Å²) < 4.78 is 39.3. The van der Waals surface area contributed by atoms with Gasteiger partial charge < -0.3 is 10.6 Å². The highest BCUT2D eigenvalue weighted by Crippen LogP contribution is 2.36. The molecule has 2 N–H and O–H groups in total. The van der Waals surface area contributed by atoms with Crippen LogP contribution in [0.2, 0.25) is 5.02 Å². The van der Waals surface area contributed by atoms with E-state index in [1.54, 1.807) is 13.8 Å². The van der Waals surface area contributed by atoms with Crippen molar-refractivity contribution in [1.82, 2.24) is 5.32 Å². The maximum atomic E-state index is 13.1. The summed E-state index contributed by atoms with van der Waals surface area (Å²) in [4.78, 5) is 24.3. The van der Waals surface area contributed by atoms with Crippen molar-refractivity contribution in [1.29, 1.82) is 0 Å². The quantitative estimate of drug-likeness (QED) is 0.799. The molecule has 2 rings (SSSR count).